The predicted octanol–water partition coefficient (Wildman–Crippen LogP) is 5.04. The first-order valence-corrected chi connectivity index (χ1v) is 11.8. The van der Waals surface area contributed by atoms with Gasteiger partial charge in [-0.25, -0.2) is 0 Å². The van der Waals surface area contributed by atoms with Crippen LogP contribution >= 0.6 is 23.1 Å². The molecule has 0 spiro atoms. The van der Waals surface area contributed by atoms with Gasteiger partial charge in [0.1, 0.15) is 0 Å². The summed E-state index contributed by atoms with van der Waals surface area (Å²) in [6, 6.07) is 2.15. The molecule has 3 heterocycles. The van der Waals surface area contributed by atoms with E-state index in [2.05, 4.69) is 23.3 Å². The average molecular weight is 420 g/mol. The molecule has 3 rings (SSSR count). The second-order valence-corrected chi connectivity index (χ2v) is 9.42. The van der Waals surface area contributed by atoms with Crippen LogP contribution in [0.1, 0.15) is 50.0 Å². The quantitative estimate of drug-likeness (QED) is 0.579. The van der Waals surface area contributed by atoms with Gasteiger partial charge in [0.2, 0.25) is 5.12 Å². The SMILES string of the molecule is CCOC(=O)[C@@H]1CCCN(CCC/C(=C2\SC(=O)C=C2C)c2sccc2C)C1. The van der Waals surface area contributed by atoms with Gasteiger partial charge in [0.25, 0.3) is 0 Å². The summed E-state index contributed by atoms with van der Waals surface area (Å²) in [5.41, 5.74) is 3.66. The lowest BCUT2D eigenvalue weighted by molar-refractivity contribution is -0.149. The minimum Gasteiger partial charge on any atom is -0.466 e. The molecule has 0 radical (unpaired) electrons. The average Bonchev–Trinajstić information content (AvgIpc) is 3.24. The Morgan fingerprint density at radius 2 is 2.18 bits per heavy atom. The first-order valence-electron chi connectivity index (χ1n) is 10.1. The molecule has 6 heteroatoms. The van der Waals surface area contributed by atoms with E-state index in [0.717, 1.165) is 55.8 Å². The molecule has 2 aliphatic heterocycles. The van der Waals surface area contributed by atoms with Crippen molar-refractivity contribution in [2.75, 3.05) is 26.2 Å². The number of ether oxygens (including phenoxy) is 1. The largest absolute Gasteiger partial charge is 0.466 e. The number of piperidine rings is 1. The molecular formula is C22H29NO3S2. The number of hydrogen-bond donors (Lipinski definition) is 0. The highest BCUT2D eigenvalue weighted by Gasteiger charge is 2.27. The molecule has 28 heavy (non-hydrogen) atoms. The third-order valence-electron chi connectivity index (χ3n) is 5.33. The molecule has 1 aromatic heterocycles. The van der Waals surface area contributed by atoms with Crippen LogP contribution in [0.2, 0.25) is 0 Å². The van der Waals surface area contributed by atoms with Crippen LogP contribution in [0.25, 0.3) is 5.57 Å². The number of hydrogen-bond acceptors (Lipinski definition) is 6. The number of esters is 1. The number of carbonyl (C=O) groups excluding carboxylic acids is 2. The fraction of sp³-hybridized carbons (Fsp3) is 0.545. The summed E-state index contributed by atoms with van der Waals surface area (Å²) in [6.07, 6.45) is 5.70. The molecule has 0 unspecified atom stereocenters. The number of thiophene rings is 1. The third kappa shape index (κ3) is 5.16. The first kappa shape index (κ1) is 21.3. The highest BCUT2D eigenvalue weighted by molar-refractivity contribution is 8.18. The van der Waals surface area contributed by atoms with Crippen LogP contribution in [-0.4, -0.2) is 42.2 Å². The topological polar surface area (TPSA) is 46.6 Å². The Hall–Kier alpha value is -1.37. The lowest BCUT2D eigenvalue weighted by Crippen LogP contribution is -2.39. The fourth-order valence-corrected chi connectivity index (χ4v) is 6.01. The van der Waals surface area contributed by atoms with Gasteiger partial charge in [-0.1, -0.05) is 0 Å². The van der Waals surface area contributed by atoms with E-state index in [9.17, 15) is 9.59 Å². The van der Waals surface area contributed by atoms with Crippen molar-refractivity contribution in [1.82, 2.24) is 4.90 Å². The van der Waals surface area contributed by atoms with Crippen molar-refractivity contribution in [3.63, 3.8) is 0 Å². The molecule has 4 nitrogen and oxygen atoms in total. The summed E-state index contributed by atoms with van der Waals surface area (Å²) in [5, 5.41) is 2.26. The van der Waals surface area contributed by atoms with Crippen molar-refractivity contribution in [3.05, 3.63) is 38.4 Å². The summed E-state index contributed by atoms with van der Waals surface area (Å²) < 4.78 is 5.21. The molecule has 0 amide bonds. The molecule has 152 valence electrons. The minimum absolute atomic E-state index is 0.0132. The Morgan fingerprint density at radius 1 is 1.36 bits per heavy atom. The van der Waals surface area contributed by atoms with Crippen molar-refractivity contribution in [2.24, 2.45) is 5.92 Å². The van der Waals surface area contributed by atoms with Crippen LogP contribution in [0.15, 0.2) is 28.0 Å². The number of nitrogens with zero attached hydrogens (tertiary/aromatic N) is 1. The van der Waals surface area contributed by atoms with Gasteiger partial charge in [0.05, 0.1) is 12.5 Å². The number of likely N-dealkylation sites (tertiary alicyclic amines) is 1. The van der Waals surface area contributed by atoms with Gasteiger partial charge in [-0.2, -0.15) is 0 Å². The molecular weight excluding hydrogens is 390 g/mol. The van der Waals surface area contributed by atoms with E-state index >= 15 is 0 Å². The number of thioether (sulfide) groups is 1. The van der Waals surface area contributed by atoms with E-state index in [1.54, 1.807) is 17.4 Å². The van der Waals surface area contributed by atoms with Gasteiger partial charge in [0, 0.05) is 16.3 Å². The van der Waals surface area contributed by atoms with E-state index in [1.807, 2.05) is 13.8 Å². The molecule has 1 aromatic rings. The maximum Gasteiger partial charge on any atom is 0.310 e. The Labute approximate surface area is 176 Å². The molecule has 1 atom stereocenters. The van der Waals surface area contributed by atoms with Crippen molar-refractivity contribution >= 4 is 39.8 Å². The van der Waals surface area contributed by atoms with Gasteiger partial charge < -0.3 is 9.64 Å². The van der Waals surface area contributed by atoms with Crippen LogP contribution < -0.4 is 0 Å². The van der Waals surface area contributed by atoms with Crippen molar-refractivity contribution in [3.8, 4) is 0 Å². The van der Waals surface area contributed by atoms with Gasteiger partial charge in [-0.05, 0) is 106 Å². The van der Waals surface area contributed by atoms with Gasteiger partial charge in [0.15, 0.2) is 0 Å². The zero-order chi connectivity index (χ0) is 20.1. The third-order valence-corrected chi connectivity index (χ3v) is 7.50. The van der Waals surface area contributed by atoms with Crippen LogP contribution in [0.3, 0.4) is 0 Å². The van der Waals surface area contributed by atoms with E-state index in [1.165, 1.54) is 27.8 Å². The van der Waals surface area contributed by atoms with Gasteiger partial charge >= 0.3 is 5.97 Å². The molecule has 0 saturated carbocycles. The fourth-order valence-electron chi connectivity index (χ4n) is 3.96. The van der Waals surface area contributed by atoms with Crippen LogP contribution in [0.4, 0.5) is 0 Å². The summed E-state index contributed by atoms with van der Waals surface area (Å²) in [7, 11) is 0. The summed E-state index contributed by atoms with van der Waals surface area (Å²) in [5.74, 6) is -0.0369. The Balaban J connectivity index is 1.65. The Morgan fingerprint density at radius 3 is 2.82 bits per heavy atom. The summed E-state index contributed by atoms with van der Waals surface area (Å²) >= 11 is 3.12. The van der Waals surface area contributed by atoms with E-state index in [0.29, 0.717) is 6.61 Å². The minimum atomic E-state index is -0.0501. The molecule has 0 aromatic carbocycles. The monoisotopic (exact) mass is 419 g/mol. The van der Waals surface area contributed by atoms with Crippen LogP contribution in [-0.2, 0) is 14.3 Å². The zero-order valence-corrected chi connectivity index (χ0v) is 18.6. The second-order valence-electron chi connectivity index (χ2n) is 7.48. The molecule has 2 aliphatic rings. The Bertz CT molecular complexity index is 793. The summed E-state index contributed by atoms with van der Waals surface area (Å²) in [4.78, 5) is 28.8. The van der Waals surface area contributed by atoms with Gasteiger partial charge in [-0.3, -0.25) is 9.59 Å². The van der Waals surface area contributed by atoms with E-state index in [-0.39, 0.29) is 17.0 Å². The molecule has 0 N–H and O–H groups in total. The number of aryl methyl sites for hydroxylation is 1. The highest BCUT2D eigenvalue weighted by Crippen LogP contribution is 2.42. The highest BCUT2D eigenvalue weighted by atomic mass is 32.2. The maximum atomic E-state index is 12.1. The Kier molecular flexibility index (Phi) is 7.55. The van der Waals surface area contributed by atoms with Crippen molar-refractivity contribution < 1.29 is 14.3 Å². The molecule has 0 aliphatic carbocycles. The number of allylic oxidation sites excluding steroid dienone is 2. The van der Waals surface area contributed by atoms with E-state index in [4.69, 9.17) is 4.74 Å². The smallest absolute Gasteiger partial charge is 0.310 e. The van der Waals surface area contributed by atoms with E-state index < -0.39 is 0 Å². The molecule has 1 saturated heterocycles. The normalized spacial score (nSPS) is 22.3. The predicted molar refractivity (Wildman–Crippen MR) is 117 cm³/mol. The number of carbonyl (C=O) groups is 2. The number of rotatable bonds is 7. The van der Waals surface area contributed by atoms with Crippen LogP contribution in [0.5, 0.6) is 0 Å². The zero-order valence-electron chi connectivity index (χ0n) is 17.0. The lowest BCUT2D eigenvalue weighted by atomic mass is 9.97. The van der Waals surface area contributed by atoms with Crippen LogP contribution in [0, 0.1) is 12.8 Å². The first-order chi connectivity index (χ1) is 13.5. The lowest BCUT2D eigenvalue weighted by Gasteiger charge is -2.31. The van der Waals surface area contributed by atoms with Crippen molar-refractivity contribution in [2.45, 2.75) is 46.5 Å². The second kappa shape index (κ2) is 9.90. The van der Waals surface area contributed by atoms with Crippen molar-refractivity contribution in [1.29, 1.82) is 0 Å². The maximum absolute atomic E-state index is 12.1. The van der Waals surface area contributed by atoms with Gasteiger partial charge in [-0.15, -0.1) is 11.3 Å². The molecule has 1 fully saturated rings. The standard InChI is InChI=1S/C22H29NO3S2/c1-4-26-22(25)17-7-5-10-23(14-17)11-6-8-18(20-15(2)9-12-27-20)21-16(3)13-19(24)28-21/h9,12-13,17H,4-8,10-11,14H2,1-3H3/b21-18+/t17-/m1/s1. The summed E-state index contributed by atoms with van der Waals surface area (Å²) in [6.45, 7) is 9.31. The molecule has 0 bridgehead atoms.